The lowest BCUT2D eigenvalue weighted by atomic mass is 10.2. The summed E-state index contributed by atoms with van der Waals surface area (Å²) in [6, 6.07) is 9.98. The van der Waals surface area contributed by atoms with Gasteiger partial charge in [-0.1, -0.05) is 17.7 Å². The van der Waals surface area contributed by atoms with Crippen molar-refractivity contribution in [2.45, 2.75) is 6.92 Å². The van der Waals surface area contributed by atoms with E-state index in [1.54, 1.807) is 12.1 Å². The molecule has 2 N–H and O–H groups in total. The van der Waals surface area contributed by atoms with Crippen LogP contribution < -0.4 is 15.6 Å². The standard InChI is InChI=1S/C14H14N4O4/c1-10-2-5-12(6-3-10)22-9-14(19)17-16-13-7-4-11(8-15-13)18(20)21/h2-8H,9H2,1H3,(H,15,16)(H,17,19). The van der Waals surface area contributed by atoms with Crippen LogP contribution >= 0.6 is 0 Å². The minimum absolute atomic E-state index is 0.125. The molecule has 0 aliphatic carbocycles. The van der Waals surface area contributed by atoms with Crippen molar-refractivity contribution < 1.29 is 14.5 Å². The van der Waals surface area contributed by atoms with E-state index < -0.39 is 10.8 Å². The number of amides is 1. The highest BCUT2D eigenvalue weighted by Crippen LogP contribution is 2.12. The van der Waals surface area contributed by atoms with Crippen LogP contribution in [0.15, 0.2) is 42.6 Å². The molecule has 0 radical (unpaired) electrons. The van der Waals surface area contributed by atoms with Gasteiger partial charge in [0.25, 0.3) is 11.6 Å². The molecule has 1 amide bonds. The molecule has 114 valence electrons. The molecule has 8 heteroatoms. The zero-order chi connectivity index (χ0) is 15.9. The number of aromatic nitrogens is 1. The number of hydrogen-bond donors (Lipinski definition) is 2. The molecule has 2 aromatic rings. The van der Waals surface area contributed by atoms with Crippen LogP contribution in [0.2, 0.25) is 0 Å². The fraction of sp³-hybridized carbons (Fsp3) is 0.143. The van der Waals surface area contributed by atoms with Gasteiger partial charge in [0.15, 0.2) is 6.61 Å². The minimum Gasteiger partial charge on any atom is -0.484 e. The second-order valence-corrected chi connectivity index (χ2v) is 4.43. The van der Waals surface area contributed by atoms with Crippen LogP contribution in [-0.2, 0) is 4.79 Å². The first kappa shape index (κ1) is 15.2. The topological polar surface area (TPSA) is 106 Å². The first-order chi connectivity index (χ1) is 10.5. The van der Waals surface area contributed by atoms with Crippen molar-refractivity contribution >= 4 is 17.4 Å². The van der Waals surface area contributed by atoms with E-state index in [0.29, 0.717) is 5.75 Å². The summed E-state index contributed by atoms with van der Waals surface area (Å²) in [5, 5.41) is 10.5. The maximum atomic E-state index is 11.6. The maximum absolute atomic E-state index is 11.6. The molecular weight excluding hydrogens is 288 g/mol. The second-order valence-electron chi connectivity index (χ2n) is 4.43. The lowest BCUT2D eigenvalue weighted by molar-refractivity contribution is -0.385. The van der Waals surface area contributed by atoms with Gasteiger partial charge in [0, 0.05) is 6.07 Å². The highest BCUT2D eigenvalue weighted by Gasteiger charge is 2.06. The average molecular weight is 302 g/mol. The fourth-order valence-electron chi connectivity index (χ4n) is 1.52. The van der Waals surface area contributed by atoms with Crippen molar-refractivity contribution in [2.75, 3.05) is 12.0 Å². The number of hydrazine groups is 1. The third-order valence-electron chi connectivity index (χ3n) is 2.68. The molecule has 1 aromatic heterocycles. The number of nitrogens with one attached hydrogen (secondary N) is 2. The van der Waals surface area contributed by atoms with Crippen LogP contribution in [0.1, 0.15) is 5.56 Å². The van der Waals surface area contributed by atoms with Crippen molar-refractivity contribution in [2.24, 2.45) is 0 Å². The predicted molar refractivity (Wildman–Crippen MR) is 79.3 cm³/mol. The fourth-order valence-corrected chi connectivity index (χ4v) is 1.52. The zero-order valence-corrected chi connectivity index (χ0v) is 11.8. The zero-order valence-electron chi connectivity index (χ0n) is 11.8. The van der Waals surface area contributed by atoms with E-state index in [2.05, 4.69) is 15.8 Å². The van der Waals surface area contributed by atoms with Crippen molar-refractivity contribution in [3.05, 3.63) is 58.3 Å². The van der Waals surface area contributed by atoms with Gasteiger partial charge in [-0.2, -0.15) is 0 Å². The molecule has 0 aliphatic rings. The number of aryl methyl sites for hydroxylation is 1. The molecule has 0 aliphatic heterocycles. The van der Waals surface area contributed by atoms with Gasteiger partial charge in [-0.3, -0.25) is 25.8 Å². The first-order valence-corrected chi connectivity index (χ1v) is 6.39. The molecule has 0 bridgehead atoms. The number of carbonyl (C=O) groups is 1. The number of nitro groups is 1. The number of anilines is 1. The van der Waals surface area contributed by atoms with Crippen LogP contribution in [-0.4, -0.2) is 22.4 Å². The highest BCUT2D eigenvalue weighted by molar-refractivity contribution is 5.78. The Hall–Kier alpha value is -3.16. The van der Waals surface area contributed by atoms with Gasteiger partial charge in [0.2, 0.25) is 0 Å². The minimum atomic E-state index is -0.551. The molecule has 0 fully saturated rings. The molecule has 0 saturated heterocycles. The van der Waals surface area contributed by atoms with Crippen LogP contribution in [0.25, 0.3) is 0 Å². The quantitative estimate of drug-likeness (QED) is 0.622. The number of ether oxygens (including phenoxy) is 1. The van der Waals surface area contributed by atoms with E-state index in [1.807, 2.05) is 19.1 Å². The van der Waals surface area contributed by atoms with Crippen molar-refractivity contribution in [3.63, 3.8) is 0 Å². The van der Waals surface area contributed by atoms with E-state index in [9.17, 15) is 14.9 Å². The Kier molecular flexibility index (Phi) is 4.86. The summed E-state index contributed by atoms with van der Waals surface area (Å²) < 4.78 is 5.30. The lowest BCUT2D eigenvalue weighted by Gasteiger charge is -2.09. The molecule has 0 unspecified atom stereocenters. The summed E-state index contributed by atoms with van der Waals surface area (Å²) in [7, 11) is 0. The number of pyridine rings is 1. The number of nitrogens with zero attached hydrogens (tertiary/aromatic N) is 2. The van der Waals surface area contributed by atoms with E-state index in [1.165, 1.54) is 12.1 Å². The lowest BCUT2D eigenvalue weighted by Crippen LogP contribution is -2.33. The molecular formula is C14H14N4O4. The largest absolute Gasteiger partial charge is 0.484 e. The summed E-state index contributed by atoms with van der Waals surface area (Å²) in [5.74, 6) is 0.476. The Labute approximate surface area is 126 Å². The van der Waals surface area contributed by atoms with Crippen LogP contribution in [0.3, 0.4) is 0 Å². The Bertz CT molecular complexity index is 656. The Morgan fingerprint density at radius 1 is 1.27 bits per heavy atom. The average Bonchev–Trinajstić information content (AvgIpc) is 2.52. The highest BCUT2D eigenvalue weighted by atomic mass is 16.6. The van der Waals surface area contributed by atoms with Crippen LogP contribution in [0.5, 0.6) is 5.75 Å². The Morgan fingerprint density at radius 2 is 2.00 bits per heavy atom. The van der Waals surface area contributed by atoms with Crippen LogP contribution in [0, 0.1) is 17.0 Å². The molecule has 0 atom stereocenters. The number of benzene rings is 1. The van der Waals surface area contributed by atoms with Crippen molar-refractivity contribution in [1.29, 1.82) is 0 Å². The number of rotatable bonds is 6. The number of hydrogen-bond acceptors (Lipinski definition) is 6. The Balaban J connectivity index is 1.77. The summed E-state index contributed by atoms with van der Waals surface area (Å²) in [6.07, 6.45) is 1.09. The van der Waals surface area contributed by atoms with E-state index in [4.69, 9.17) is 4.74 Å². The Morgan fingerprint density at radius 3 is 2.59 bits per heavy atom. The maximum Gasteiger partial charge on any atom is 0.287 e. The number of carbonyl (C=O) groups excluding carboxylic acids is 1. The van der Waals surface area contributed by atoms with Crippen molar-refractivity contribution in [3.8, 4) is 5.75 Å². The van der Waals surface area contributed by atoms with Crippen LogP contribution in [0.4, 0.5) is 11.5 Å². The summed E-state index contributed by atoms with van der Waals surface area (Å²) in [6.45, 7) is 1.79. The first-order valence-electron chi connectivity index (χ1n) is 6.39. The molecule has 1 aromatic carbocycles. The van der Waals surface area contributed by atoms with Gasteiger partial charge in [-0.05, 0) is 25.1 Å². The predicted octanol–water partition coefficient (Wildman–Crippen LogP) is 1.82. The van der Waals surface area contributed by atoms with Gasteiger partial charge in [-0.15, -0.1) is 0 Å². The molecule has 8 nitrogen and oxygen atoms in total. The monoisotopic (exact) mass is 302 g/mol. The third-order valence-corrected chi connectivity index (χ3v) is 2.68. The molecule has 0 spiro atoms. The van der Waals surface area contributed by atoms with Gasteiger partial charge < -0.3 is 4.74 Å². The van der Waals surface area contributed by atoms with E-state index >= 15 is 0 Å². The molecule has 1 heterocycles. The van der Waals surface area contributed by atoms with Gasteiger partial charge in [0.1, 0.15) is 17.8 Å². The normalized spacial score (nSPS) is 9.86. The van der Waals surface area contributed by atoms with Crippen molar-refractivity contribution in [1.82, 2.24) is 10.4 Å². The summed E-state index contributed by atoms with van der Waals surface area (Å²) in [4.78, 5) is 25.3. The van der Waals surface area contributed by atoms with Gasteiger partial charge in [0.05, 0.1) is 4.92 Å². The van der Waals surface area contributed by atoms with Gasteiger partial charge >= 0.3 is 0 Å². The van der Waals surface area contributed by atoms with Gasteiger partial charge in [-0.25, -0.2) is 4.98 Å². The third kappa shape index (κ3) is 4.44. The van der Waals surface area contributed by atoms with E-state index in [0.717, 1.165) is 11.8 Å². The summed E-state index contributed by atoms with van der Waals surface area (Å²) >= 11 is 0. The smallest absolute Gasteiger partial charge is 0.287 e. The molecule has 2 rings (SSSR count). The second kappa shape index (κ2) is 7.02. The molecule has 22 heavy (non-hydrogen) atoms. The SMILES string of the molecule is Cc1ccc(OCC(=O)NNc2ccc([N+](=O)[O-])cn2)cc1. The molecule has 0 saturated carbocycles. The summed E-state index contributed by atoms with van der Waals surface area (Å²) in [5.41, 5.74) is 5.90. The van der Waals surface area contributed by atoms with E-state index in [-0.39, 0.29) is 18.1 Å².